The number of para-hydroxylation sites is 1. The van der Waals surface area contributed by atoms with Crippen LogP contribution in [-0.2, 0) is 0 Å². The zero-order chi connectivity index (χ0) is 17.1. The maximum absolute atomic E-state index is 3.71. The lowest BCUT2D eigenvalue weighted by atomic mass is 10.1. The van der Waals surface area contributed by atoms with Crippen molar-refractivity contribution in [3.8, 4) is 11.8 Å². The minimum absolute atomic E-state index is 0.334. The first-order valence-corrected chi connectivity index (χ1v) is 7.75. The van der Waals surface area contributed by atoms with Gasteiger partial charge < -0.3 is 4.90 Å². The van der Waals surface area contributed by atoms with Crippen LogP contribution in [0.15, 0.2) is 91.3 Å². The maximum atomic E-state index is 3.71. The number of rotatable bonds is 6. The Labute approximate surface area is 141 Å². The van der Waals surface area contributed by atoms with Crippen LogP contribution in [0, 0.1) is 17.8 Å². The fourth-order valence-corrected chi connectivity index (χ4v) is 2.15. The van der Waals surface area contributed by atoms with Crippen LogP contribution in [0.2, 0.25) is 0 Å². The lowest BCUT2D eigenvalue weighted by Gasteiger charge is -2.30. The molecule has 1 nitrogen and oxygen atoms in total. The molecule has 1 aromatic rings. The summed E-state index contributed by atoms with van der Waals surface area (Å²) >= 11 is 0. The highest BCUT2D eigenvalue weighted by molar-refractivity contribution is 5.59. The van der Waals surface area contributed by atoms with Crippen LogP contribution < -0.4 is 4.90 Å². The molecular formula is C22H25N. The van der Waals surface area contributed by atoms with Gasteiger partial charge in [0.2, 0.25) is 0 Å². The third kappa shape index (κ3) is 5.88. The number of hydrogen-bond acceptors (Lipinski definition) is 1. The van der Waals surface area contributed by atoms with Crippen molar-refractivity contribution in [1.82, 2.24) is 0 Å². The lowest BCUT2D eigenvalue weighted by molar-refractivity contribution is 0.735. The zero-order valence-corrected chi connectivity index (χ0v) is 14.3. The second kappa shape index (κ2) is 10.1. The number of anilines is 1. The first kappa shape index (κ1) is 18.3. The molecule has 0 spiro atoms. The van der Waals surface area contributed by atoms with Crippen molar-refractivity contribution in [2.24, 2.45) is 5.92 Å². The number of allylic oxidation sites excluding steroid dienone is 8. The van der Waals surface area contributed by atoms with Gasteiger partial charge in [-0.2, -0.15) is 0 Å². The molecule has 118 valence electrons. The molecule has 0 radical (unpaired) electrons. The molecule has 0 N–H and O–H groups in total. The summed E-state index contributed by atoms with van der Waals surface area (Å²) in [4.78, 5) is 2.23. The van der Waals surface area contributed by atoms with E-state index < -0.39 is 0 Å². The van der Waals surface area contributed by atoms with Crippen molar-refractivity contribution >= 4 is 5.69 Å². The Hall–Kier alpha value is -2.72. The van der Waals surface area contributed by atoms with Crippen LogP contribution in [-0.4, -0.2) is 0 Å². The highest BCUT2D eigenvalue weighted by Crippen LogP contribution is 2.28. The normalized spacial score (nSPS) is 12.0. The fraction of sp³-hybridized carbons (Fsp3) is 0.182. The average molecular weight is 303 g/mol. The predicted octanol–water partition coefficient (Wildman–Crippen LogP) is 5.87. The van der Waals surface area contributed by atoms with Gasteiger partial charge in [-0.25, -0.2) is 0 Å². The molecule has 1 rings (SSSR count). The largest absolute Gasteiger partial charge is 0.317 e. The van der Waals surface area contributed by atoms with Gasteiger partial charge in [-0.3, -0.25) is 0 Å². The van der Waals surface area contributed by atoms with Crippen LogP contribution >= 0.6 is 0 Å². The minimum Gasteiger partial charge on any atom is -0.317 e. The molecule has 0 atom stereocenters. The number of hydrogen-bond donors (Lipinski definition) is 0. The van der Waals surface area contributed by atoms with Gasteiger partial charge in [0.1, 0.15) is 0 Å². The Morgan fingerprint density at radius 3 is 2.35 bits per heavy atom. The van der Waals surface area contributed by atoms with E-state index >= 15 is 0 Å². The summed E-state index contributed by atoms with van der Waals surface area (Å²) in [6, 6.07) is 10.3. The maximum Gasteiger partial charge on any atom is 0.0455 e. The first-order chi connectivity index (χ1) is 11.1. The van der Waals surface area contributed by atoms with Gasteiger partial charge >= 0.3 is 0 Å². The van der Waals surface area contributed by atoms with Gasteiger partial charge in [0.05, 0.1) is 0 Å². The van der Waals surface area contributed by atoms with Crippen molar-refractivity contribution < 1.29 is 0 Å². The van der Waals surface area contributed by atoms with E-state index in [0.29, 0.717) is 5.92 Å². The van der Waals surface area contributed by atoms with E-state index in [9.17, 15) is 0 Å². The van der Waals surface area contributed by atoms with Crippen molar-refractivity contribution in [3.05, 3.63) is 91.3 Å². The van der Waals surface area contributed by atoms with Crippen LogP contribution in [0.3, 0.4) is 0 Å². The summed E-state index contributed by atoms with van der Waals surface area (Å²) in [5.74, 6) is 6.29. The Morgan fingerprint density at radius 1 is 1.09 bits per heavy atom. The summed E-state index contributed by atoms with van der Waals surface area (Å²) in [6.07, 6.45) is 11.3. The van der Waals surface area contributed by atoms with Crippen molar-refractivity contribution in [1.29, 1.82) is 0 Å². The Balaban J connectivity index is 3.40. The third-order valence-electron chi connectivity index (χ3n) is 3.21. The third-order valence-corrected chi connectivity index (χ3v) is 3.21. The zero-order valence-electron chi connectivity index (χ0n) is 14.3. The van der Waals surface area contributed by atoms with E-state index in [1.807, 2.05) is 36.4 Å². The summed E-state index contributed by atoms with van der Waals surface area (Å²) in [5, 5.41) is 0. The van der Waals surface area contributed by atoms with Gasteiger partial charge in [0, 0.05) is 23.2 Å². The fourth-order valence-electron chi connectivity index (χ4n) is 2.15. The monoisotopic (exact) mass is 303 g/mol. The van der Waals surface area contributed by atoms with Crippen molar-refractivity contribution in [2.45, 2.75) is 20.8 Å². The van der Waals surface area contributed by atoms with Gasteiger partial charge in [0.25, 0.3) is 0 Å². The lowest BCUT2D eigenvalue weighted by Crippen LogP contribution is -2.23. The molecule has 0 heterocycles. The Kier molecular flexibility index (Phi) is 8.03. The van der Waals surface area contributed by atoms with E-state index in [1.54, 1.807) is 12.2 Å². The highest BCUT2D eigenvalue weighted by Gasteiger charge is 2.16. The summed E-state index contributed by atoms with van der Waals surface area (Å²) in [7, 11) is 0. The quantitative estimate of drug-likeness (QED) is 0.469. The van der Waals surface area contributed by atoms with E-state index in [2.05, 4.69) is 68.9 Å². The summed E-state index contributed by atoms with van der Waals surface area (Å²) < 4.78 is 0. The average Bonchev–Trinajstić information content (AvgIpc) is 2.55. The van der Waals surface area contributed by atoms with E-state index in [4.69, 9.17) is 0 Å². The molecule has 0 aliphatic rings. The molecular weight excluding hydrogens is 278 g/mol. The molecule has 0 aliphatic heterocycles. The molecule has 0 bridgehead atoms. The van der Waals surface area contributed by atoms with E-state index in [1.165, 1.54) is 0 Å². The molecule has 0 fully saturated rings. The summed E-state index contributed by atoms with van der Waals surface area (Å²) in [6.45, 7) is 13.8. The van der Waals surface area contributed by atoms with E-state index in [0.717, 1.165) is 17.1 Å². The molecule has 0 amide bonds. The van der Waals surface area contributed by atoms with Gasteiger partial charge in [-0.05, 0) is 37.1 Å². The standard InChI is InChI=1S/C22H25N/c1-6-8-11-15-20(5)23(21-16-13-10-14-17-21)22(19(3)4)18-12-9-7-2/h6-8,10-11,13-19H,1-2H2,3-5H3/b11-8-,20-15+,22-18+. The molecule has 1 heteroatoms. The molecule has 23 heavy (non-hydrogen) atoms. The minimum atomic E-state index is 0.334. The second-order valence-corrected chi connectivity index (χ2v) is 5.32. The summed E-state index contributed by atoms with van der Waals surface area (Å²) in [5.41, 5.74) is 3.38. The smallest absolute Gasteiger partial charge is 0.0455 e. The van der Waals surface area contributed by atoms with Crippen LogP contribution in [0.4, 0.5) is 5.69 Å². The number of nitrogens with zero attached hydrogens (tertiary/aromatic N) is 1. The molecule has 0 aliphatic carbocycles. The Bertz CT molecular complexity index is 661. The molecule has 0 unspecified atom stereocenters. The molecule has 0 saturated heterocycles. The van der Waals surface area contributed by atoms with Gasteiger partial charge in [-0.15, -0.1) is 0 Å². The first-order valence-electron chi connectivity index (χ1n) is 7.75. The predicted molar refractivity (Wildman–Crippen MR) is 103 cm³/mol. The number of benzene rings is 1. The Morgan fingerprint density at radius 2 is 1.78 bits per heavy atom. The SMILES string of the molecule is C=CC#C/C=C(\C(C)C)N(/C(C)=C/C=C\C=C)c1ccccc1. The van der Waals surface area contributed by atoms with Crippen molar-refractivity contribution in [2.75, 3.05) is 4.90 Å². The van der Waals surface area contributed by atoms with E-state index in [-0.39, 0.29) is 0 Å². The van der Waals surface area contributed by atoms with Crippen LogP contribution in [0.25, 0.3) is 0 Å². The van der Waals surface area contributed by atoms with Crippen LogP contribution in [0.5, 0.6) is 0 Å². The van der Waals surface area contributed by atoms with Crippen molar-refractivity contribution in [3.63, 3.8) is 0 Å². The molecule has 1 aromatic carbocycles. The topological polar surface area (TPSA) is 3.24 Å². The highest BCUT2D eigenvalue weighted by atomic mass is 15.2. The van der Waals surface area contributed by atoms with Crippen LogP contribution in [0.1, 0.15) is 20.8 Å². The molecule has 0 saturated carbocycles. The second-order valence-electron chi connectivity index (χ2n) is 5.32. The van der Waals surface area contributed by atoms with Gasteiger partial charge in [0.15, 0.2) is 0 Å². The van der Waals surface area contributed by atoms with Gasteiger partial charge in [-0.1, -0.05) is 75.3 Å². The molecule has 0 aromatic heterocycles.